The number of benzene rings is 1. The van der Waals surface area contributed by atoms with Crippen molar-refractivity contribution in [2.45, 2.75) is 58.2 Å². The van der Waals surface area contributed by atoms with Gasteiger partial charge in [0.1, 0.15) is 17.8 Å². The van der Waals surface area contributed by atoms with E-state index < -0.39 is 35.3 Å². The van der Waals surface area contributed by atoms with Gasteiger partial charge in [-0.3, -0.25) is 9.59 Å². The lowest BCUT2D eigenvalue weighted by molar-refractivity contribution is -0.152. The molecule has 1 aromatic carbocycles. The van der Waals surface area contributed by atoms with E-state index in [1.807, 2.05) is 20.8 Å². The Balaban J connectivity index is 2.20. The fourth-order valence-electron chi connectivity index (χ4n) is 3.66. The third-order valence-corrected chi connectivity index (χ3v) is 5.42. The molecule has 0 aliphatic carbocycles. The number of aromatic hydroxyl groups is 1. The lowest BCUT2D eigenvalue weighted by Crippen LogP contribution is -2.56. The zero-order valence-corrected chi connectivity index (χ0v) is 19.2. The fourth-order valence-corrected chi connectivity index (χ4v) is 3.66. The highest BCUT2D eigenvalue weighted by atomic mass is 16.5. The van der Waals surface area contributed by atoms with Crippen molar-refractivity contribution in [3.05, 3.63) is 29.8 Å². The van der Waals surface area contributed by atoms with Crippen LogP contribution < -0.4 is 5.32 Å². The lowest BCUT2D eigenvalue weighted by atomic mass is 9.85. The molecule has 1 aliphatic heterocycles. The number of hydrogen-bond donors (Lipinski definition) is 3. The van der Waals surface area contributed by atoms with Crippen molar-refractivity contribution < 1.29 is 34.1 Å². The van der Waals surface area contributed by atoms with E-state index >= 15 is 0 Å². The number of aliphatic hydroxyl groups excluding tert-OH is 1. The van der Waals surface area contributed by atoms with Gasteiger partial charge in [0.15, 0.2) is 0 Å². The maximum absolute atomic E-state index is 13.5. The molecule has 0 radical (unpaired) electrons. The molecule has 2 rings (SSSR count). The quantitative estimate of drug-likeness (QED) is 0.384. The molecule has 0 spiro atoms. The number of aliphatic hydroxyl groups is 1. The summed E-state index contributed by atoms with van der Waals surface area (Å²) in [6, 6.07) is 4.14. The van der Waals surface area contributed by atoms with Gasteiger partial charge in [0.2, 0.25) is 5.91 Å². The molecule has 1 fully saturated rings. The number of phenols is 1. The van der Waals surface area contributed by atoms with E-state index in [-0.39, 0.29) is 30.6 Å². The summed E-state index contributed by atoms with van der Waals surface area (Å²) in [5.41, 5.74) is -0.423. The topological polar surface area (TPSA) is 125 Å². The Morgan fingerprint density at radius 2 is 1.97 bits per heavy atom. The van der Waals surface area contributed by atoms with E-state index in [0.29, 0.717) is 25.9 Å². The molecule has 178 valence electrons. The van der Waals surface area contributed by atoms with E-state index in [1.165, 1.54) is 24.1 Å². The molecule has 1 aliphatic rings. The number of rotatable bonds is 9. The molecule has 1 heterocycles. The van der Waals surface area contributed by atoms with Crippen molar-refractivity contribution in [1.82, 2.24) is 10.2 Å². The van der Waals surface area contributed by atoms with Gasteiger partial charge in [-0.2, -0.15) is 0 Å². The zero-order valence-electron chi connectivity index (χ0n) is 19.2. The minimum atomic E-state index is -0.919. The highest BCUT2D eigenvalue weighted by molar-refractivity contribution is 5.98. The minimum absolute atomic E-state index is 0.0530. The predicted octanol–water partition coefficient (Wildman–Crippen LogP) is 1.47. The van der Waals surface area contributed by atoms with Gasteiger partial charge in [-0.05, 0) is 36.5 Å². The van der Waals surface area contributed by atoms with Crippen molar-refractivity contribution in [3.8, 4) is 5.75 Å². The summed E-state index contributed by atoms with van der Waals surface area (Å²) in [6.07, 6.45) is 1.25. The molecule has 1 aromatic rings. The largest absolute Gasteiger partial charge is 0.508 e. The maximum Gasteiger partial charge on any atom is 0.328 e. The van der Waals surface area contributed by atoms with Crippen LogP contribution in [0.15, 0.2) is 24.3 Å². The first-order valence-corrected chi connectivity index (χ1v) is 10.8. The summed E-state index contributed by atoms with van der Waals surface area (Å²) in [5, 5.41) is 21.3. The van der Waals surface area contributed by atoms with Gasteiger partial charge in [-0.15, -0.1) is 0 Å². The Morgan fingerprint density at radius 3 is 2.56 bits per heavy atom. The van der Waals surface area contributed by atoms with Crippen LogP contribution in [-0.2, 0) is 19.1 Å². The molecule has 3 atom stereocenters. The van der Waals surface area contributed by atoms with Crippen LogP contribution in [0.25, 0.3) is 0 Å². The maximum atomic E-state index is 13.5. The number of likely N-dealkylation sites (tertiary alicyclic amines) is 1. The lowest BCUT2D eigenvalue weighted by Gasteiger charge is -2.35. The van der Waals surface area contributed by atoms with E-state index in [2.05, 4.69) is 5.32 Å². The van der Waals surface area contributed by atoms with Crippen molar-refractivity contribution in [1.29, 1.82) is 0 Å². The predicted molar refractivity (Wildman–Crippen MR) is 117 cm³/mol. The summed E-state index contributed by atoms with van der Waals surface area (Å²) < 4.78 is 10.7. The van der Waals surface area contributed by atoms with Gasteiger partial charge in [-0.25, -0.2) is 4.79 Å². The van der Waals surface area contributed by atoms with Gasteiger partial charge in [0.05, 0.1) is 13.2 Å². The van der Waals surface area contributed by atoms with Crippen LogP contribution in [0.5, 0.6) is 5.75 Å². The number of nitrogens with one attached hydrogen (secondary N) is 1. The van der Waals surface area contributed by atoms with Crippen molar-refractivity contribution in [3.63, 3.8) is 0 Å². The second-order valence-electron chi connectivity index (χ2n) is 9.01. The van der Waals surface area contributed by atoms with Crippen molar-refractivity contribution in [2.75, 3.05) is 26.9 Å². The van der Waals surface area contributed by atoms with E-state index in [1.54, 1.807) is 12.1 Å². The van der Waals surface area contributed by atoms with Crippen LogP contribution in [0.3, 0.4) is 0 Å². The van der Waals surface area contributed by atoms with Gasteiger partial charge >= 0.3 is 5.97 Å². The Labute approximate surface area is 188 Å². The van der Waals surface area contributed by atoms with Crippen LogP contribution in [0, 0.1) is 5.41 Å². The smallest absolute Gasteiger partial charge is 0.328 e. The number of amides is 2. The average Bonchev–Trinajstić information content (AvgIpc) is 3.17. The number of methoxy groups -OCH3 is 1. The van der Waals surface area contributed by atoms with Gasteiger partial charge < -0.3 is 29.9 Å². The van der Waals surface area contributed by atoms with Gasteiger partial charge in [0.25, 0.3) is 5.91 Å². The van der Waals surface area contributed by atoms with E-state index in [4.69, 9.17) is 14.6 Å². The SMILES string of the molecule is COC(=O)[C@@H]1CC(OCCCCO)CN1C(=O)C(NC(=O)c1cccc(O)c1)C(C)(C)C. The molecule has 32 heavy (non-hydrogen) atoms. The molecule has 0 saturated carbocycles. The van der Waals surface area contributed by atoms with Crippen LogP contribution in [-0.4, -0.2) is 78.0 Å². The minimum Gasteiger partial charge on any atom is -0.508 e. The molecular formula is C23H34N2O7. The van der Waals surface area contributed by atoms with Crippen LogP contribution in [0.4, 0.5) is 0 Å². The molecule has 9 nitrogen and oxygen atoms in total. The highest BCUT2D eigenvalue weighted by Crippen LogP contribution is 2.28. The van der Waals surface area contributed by atoms with Crippen LogP contribution in [0.1, 0.15) is 50.4 Å². The number of carbonyl (C=O) groups is 3. The first-order chi connectivity index (χ1) is 15.1. The third-order valence-electron chi connectivity index (χ3n) is 5.42. The molecule has 1 saturated heterocycles. The summed E-state index contributed by atoms with van der Waals surface area (Å²) in [7, 11) is 1.27. The zero-order chi connectivity index (χ0) is 23.9. The van der Waals surface area contributed by atoms with Gasteiger partial charge in [-0.1, -0.05) is 26.8 Å². The number of phenolic OH excluding ortho intramolecular Hbond substituents is 1. The first-order valence-electron chi connectivity index (χ1n) is 10.8. The number of unbranched alkanes of at least 4 members (excludes halogenated alkanes) is 1. The second kappa shape index (κ2) is 11.3. The summed E-state index contributed by atoms with van der Waals surface area (Å²) in [5.74, 6) is -1.49. The Bertz CT molecular complexity index is 806. The van der Waals surface area contributed by atoms with Crippen molar-refractivity contribution >= 4 is 17.8 Å². The summed E-state index contributed by atoms with van der Waals surface area (Å²) in [4.78, 5) is 40.1. The molecule has 3 N–H and O–H groups in total. The van der Waals surface area contributed by atoms with E-state index in [0.717, 1.165) is 0 Å². The normalized spacial score (nSPS) is 19.5. The van der Waals surface area contributed by atoms with Crippen LogP contribution in [0.2, 0.25) is 0 Å². The standard InChI is InChI=1S/C23H34N2O7/c1-23(2,3)19(24-20(28)15-8-7-9-16(27)12-15)21(29)25-14-17(32-11-6-5-10-26)13-18(25)22(30)31-4/h7-9,12,17-19,26-27H,5-6,10-11,13-14H2,1-4H3,(H,24,28)/t17?,18-,19?/m0/s1. The molecule has 9 heteroatoms. The highest BCUT2D eigenvalue weighted by Gasteiger charge is 2.45. The number of carbonyl (C=O) groups excluding carboxylic acids is 3. The number of hydrogen-bond acceptors (Lipinski definition) is 7. The first kappa shape index (κ1) is 25.6. The molecular weight excluding hydrogens is 416 g/mol. The van der Waals surface area contributed by atoms with Crippen LogP contribution >= 0.6 is 0 Å². The second-order valence-corrected chi connectivity index (χ2v) is 9.01. The molecule has 0 aromatic heterocycles. The third kappa shape index (κ3) is 6.67. The Kier molecular flexibility index (Phi) is 9.03. The molecule has 2 amide bonds. The molecule has 0 bridgehead atoms. The summed E-state index contributed by atoms with van der Waals surface area (Å²) >= 11 is 0. The number of nitrogens with zero attached hydrogens (tertiary/aromatic N) is 1. The Morgan fingerprint density at radius 1 is 1.25 bits per heavy atom. The van der Waals surface area contributed by atoms with E-state index in [9.17, 15) is 19.5 Å². The monoisotopic (exact) mass is 450 g/mol. The Hall–Kier alpha value is -2.65. The fraction of sp³-hybridized carbons (Fsp3) is 0.609. The number of ether oxygens (including phenoxy) is 2. The van der Waals surface area contributed by atoms with Crippen molar-refractivity contribution in [2.24, 2.45) is 5.41 Å². The van der Waals surface area contributed by atoms with Gasteiger partial charge in [0, 0.05) is 31.7 Å². The summed E-state index contributed by atoms with van der Waals surface area (Å²) in [6.45, 7) is 6.17. The molecule has 2 unspecified atom stereocenters. The average molecular weight is 451 g/mol. The number of esters is 1.